The van der Waals surface area contributed by atoms with Crippen LogP contribution in [-0.4, -0.2) is 19.0 Å². The number of nitrogens with one attached hydrogen (secondary N) is 2. The zero-order chi connectivity index (χ0) is 12.0. The second-order valence-corrected chi connectivity index (χ2v) is 5.35. The molecule has 1 aromatic rings. The maximum atomic E-state index is 11.3. The number of carbonyl (C=O) groups is 1. The standard InChI is InChI=1S/C12H20N2OS/c1-4-5-14-12(15)8-13-7-11-6-9(2)16-10(11)3/h6,13H,4-5,7-8H2,1-3H3,(H,14,15). The van der Waals surface area contributed by atoms with Crippen LogP contribution in [0.15, 0.2) is 6.07 Å². The van der Waals surface area contributed by atoms with Crippen molar-refractivity contribution < 1.29 is 4.79 Å². The number of rotatable bonds is 6. The van der Waals surface area contributed by atoms with Gasteiger partial charge in [-0.15, -0.1) is 11.3 Å². The summed E-state index contributed by atoms with van der Waals surface area (Å²) in [5.74, 6) is 0.0754. The van der Waals surface area contributed by atoms with Crippen LogP contribution in [0.2, 0.25) is 0 Å². The number of hydrogen-bond acceptors (Lipinski definition) is 3. The van der Waals surface area contributed by atoms with Gasteiger partial charge in [0.15, 0.2) is 0 Å². The number of carbonyl (C=O) groups excluding carboxylic acids is 1. The molecular weight excluding hydrogens is 220 g/mol. The van der Waals surface area contributed by atoms with E-state index in [9.17, 15) is 4.79 Å². The Labute approximate surface area is 101 Å². The molecule has 0 fully saturated rings. The van der Waals surface area contributed by atoms with Gasteiger partial charge in [-0.3, -0.25) is 4.79 Å². The summed E-state index contributed by atoms with van der Waals surface area (Å²) >= 11 is 1.80. The minimum absolute atomic E-state index is 0.0754. The Morgan fingerprint density at radius 3 is 2.75 bits per heavy atom. The first-order valence-electron chi connectivity index (χ1n) is 5.66. The van der Waals surface area contributed by atoms with Crippen molar-refractivity contribution in [3.8, 4) is 0 Å². The van der Waals surface area contributed by atoms with Crippen LogP contribution < -0.4 is 10.6 Å². The minimum atomic E-state index is 0.0754. The summed E-state index contributed by atoms with van der Waals surface area (Å²) in [5.41, 5.74) is 1.30. The molecule has 1 amide bonds. The van der Waals surface area contributed by atoms with Crippen molar-refractivity contribution >= 4 is 17.2 Å². The molecule has 1 rings (SSSR count). The van der Waals surface area contributed by atoms with Crippen LogP contribution in [0.3, 0.4) is 0 Å². The van der Waals surface area contributed by atoms with Gasteiger partial charge < -0.3 is 10.6 Å². The van der Waals surface area contributed by atoms with Crippen LogP contribution in [0.25, 0.3) is 0 Å². The molecule has 1 heterocycles. The highest BCUT2D eigenvalue weighted by Gasteiger charge is 2.03. The number of amides is 1. The van der Waals surface area contributed by atoms with Gasteiger partial charge in [0, 0.05) is 22.8 Å². The van der Waals surface area contributed by atoms with Gasteiger partial charge in [-0.1, -0.05) is 6.92 Å². The van der Waals surface area contributed by atoms with Crippen molar-refractivity contribution in [2.45, 2.75) is 33.7 Å². The Balaban J connectivity index is 2.25. The summed E-state index contributed by atoms with van der Waals surface area (Å²) in [5, 5.41) is 6.00. The van der Waals surface area contributed by atoms with Gasteiger partial charge in [0.1, 0.15) is 0 Å². The molecule has 0 spiro atoms. The highest BCUT2D eigenvalue weighted by Crippen LogP contribution is 2.19. The van der Waals surface area contributed by atoms with Gasteiger partial charge in [0.05, 0.1) is 6.54 Å². The highest BCUT2D eigenvalue weighted by atomic mass is 32.1. The van der Waals surface area contributed by atoms with Gasteiger partial charge in [-0.2, -0.15) is 0 Å². The van der Waals surface area contributed by atoms with Crippen LogP contribution in [0.4, 0.5) is 0 Å². The minimum Gasteiger partial charge on any atom is -0.355 e. The molecule has 0 bridgehead atoms. The number of thiophene rings is 1. The molecule has 0 unspecified atom stereocenters. The monoisotopic (exact) mass is 240 g/mol. The fourth-order valence-electron chi connectivity index (χ4n) is 1.50. The molecular formula is C12H20N2OS. The lowest BCUT2D eigenvalue weighted by Gasteiger charge is -2.05. The van der Waals surface area contributed by atoms with E-state index < -0.39 is 0 Å². The topological polar surface area (TPSA) is 41.1 Å². The van der Waals surface area contributed by atoms with E-state index in [-0.39, 0.29) is 5.91 Å². The van der Waals surface area contributed by atoms with Crippen LogP contribution in [0.1, 0.15) is 28.7 Å². The highest BCUT2D eigenvalue weighted by molar-refractivity contribution is 7.12. The van der Waals surface area contributed by atoms with Gasteiger partial charge in [0.2, 0.25) is 5.91 Å². The number of hydrogen-bond donors (Lipinski definition) is 2. The fraction of sp³-hybridized carbons (Fsp3) is 0.583. The van der Waals surface area contributed by atoms with Crippen LogP contribution in [0, 0.1) is 13.8 Å². The third-order valence-electron chi connectivity index (χ3n) is 2.32. The molecule has 3 nitrogen and oxygen atoms in total. The molecule has 0 saturated carbocycles. The van der Waals surface area contributed by atoms with Gasteiger partial charge in [-0.25, -0.2) is 0 Å². The normalized spacial score (nSPS) is 10.4. The molecule has 0 aromatic carbocycles. The lowest BCUT2D eigenvalue weighted by atomic mass is 10.2. The summed E-state index contributed by atoms with van der Waals surface area (Å²) in [6, 6.07) is 2.18. The summed E-state index contributed by atoms with van der Waals surface area (Å²) in [6.07, 6.45) is 0.981. The maximum absolute atomic E-state index is 11.3. The Kier molecular flexibility index (Phi) is 5.49. The molecule has 0 radical (unpaired) electrons. The predicted octanol–water partition coefficient (Wildman–Crippen LogP) is 1.98. The zero-order valence-corrected chi connectivity index (χ0v) is 11.0. The van der Waals surface area contributed by atoms with E-state index >= 15 is 0 Å². The molecule has 2 N–H and O–H groups in total. The lowest BCUT2D eigenvalue weighted by Crippen LogP contribution is -2.33. The third kappa shape index (κ3) is 4.33. The Morgan fingerprint density at radius 2 is 2.19 bits per heavy atom. The van der Waals surface area contributed by atoms with E-state index in [1.165, 1.54) is 15.3 Å². The number of aryl methyl sites for hydroxylation is 2. The molecule has 0 aliphatic carbocycles. The quantitative estimate of drug-likeness (QED) is 0.798. The summed E-state index contributed by atoms with van der Waals surface area (Å²) < 4.78 is 0. The van der Waals surface area contributed by atoms with Crippen LogP contribution >= 0.6 is 11.3 Å². The molecule has 0 atom stereocenters. The smallest absolute Gasteiger partial charge is 0.233 e. The van der Waals surface area contributed by atoms with E-state index in [1.807, 2.05) is 6.92 Å². The molecule has 16 heavy (non-hydrogen) atoms. The van der Waals surface area contributed by atoms with Crippen LogP contribution in [-0.2, 0) is 11.3 Å². The van der Waals surface area contributed by atoms with E-state index in [0.717, 1.165) is 19.5 Å². The first-order valence-corrected chi connectivity index (χ1v) is 6.48. The van der Waals surface area contributed by atoms with E-state index in [2.05, 4.69) is 30.5 Å². The molecule has 0 aliphatic rings. The Morgan fingerprint density at radius 1 is 1.44 bits per heavy atom. The molecule has 0 aliphatic heterocycles. The lowest BCUT2D eigenvalue weighted by molar-refractivity contribution is -0.120. The molecule has 0 saturated heterocycles. The average Bonchev–Trinajstić information content (AvgIpc) is 2.55. The molecule has 90 valence electrons. The second-order valence-electron chi connectivity index (χ2n) is 3.89. The van der Waals surface area contributed by atoms with E-state index in [4.69, 9.17) is 0 Å². The summed E-state index contributed by atoms with van der Waals surface area (Å²) in [6.45, 7) is 8.20. The van der Waals surface area contributed by atoms with Gasteiger partial charge in [0.25, 0.3) is 0 Å². The molecule has 1 aromatic heterocycles. The predicted molar refractivity (Wildman–Crippen MR) is 68.8 cm³/mol. The molecule has 4 heteroatoms. The van der Waals surface area contributed by atoms with Gasteiger partial charge >= 0.3 is 0 Å². The van der Waals surface area contributed by atoms with Crippen molar-refractivity contribution in [1.82, 2.24) is 10.6 Å². The maximum Gasteiger partial charge on any atom is 0.233 e. The van der Waals surface area contributed by atoms with Crippen molar-refractivity contribution in [2.24, 2.45) is 0 Å². The third-order valence-corrected chi connectivity index (χ3v) is 3.33. The average molecular weight is 240 g/mol. The zero-order valence-electron chi connectivity index (χ0n) is 10.2. The van der Waals surface area contributed by atoms with Crippen molar-refractivity contribution in [2.75, 3.05) is 13.1 Å². The summed E-state index contributed by atoms with van der Waals surface area (Å²) in [7, 11) is 0. The largest absolute Gasteiger partial charge is 0.355 e. The van der Waals surface area contributed by atoms with E-state index in [1.54, 1.807) is 11.3 Å². The Hall–Kier alpha value is -0.870. The first kappa shape index (κ1) is 13.2. The van der Waals surface area contributed by atoms with Crippen molar-refractivity contribution in [1.29, 1.82) is 0 Å². The first-order chi connectivity index (χ1) is 7.63. The Bertz CT molecular complexity index is 347. The van der Waals surface area contributed by atoms with Gasteiger partial charge in [-0.05, 0) is 31.9 Å². The fourth-order valence-corrected chi connectivity index (χ4v) is 2.44. The van der Waals surface area contributed by atoms with Crippen molar-refractivity contribution in [3.05, 3.63) is 21.4 Å². The second kappa shape index (κ2) is 6.66. The van der Waals surface area contributed by atoms with E-state index in [0.29, 0.717) is 6.54 Å². The van der Waals surface area contributed by atoms with Crippen LogP contribution in [0.5, 0.6) is 0 Å². The SMILES string of the molecule is CCCNC(=O)CNCc1cc(C)sc1C. The van der Waals surface area contributed by atoms with Crippen molar-refractivity contribution in [3.63, 3.8) is 0 Å². The summed E-state index contributed by atoms with van der Waals surface area (Å²) in [4.78, 5) is 14.0.